The minimum Gasteiger partial charge on any atom is -0.505 e. The first kappa shape index (κ1) is 10.9. The normalized spacial score (nSPS) is 9.88. The van der Waals surface area contributed by atoms with Gasteiger partial charge in [-0.1, -0.05) is 18.2 Å². The number of carboxylic acids is 1. The summed E-state index contributed by atoms with van der Waals surface area (Å²) in [5.41, 5.74) is -0.398. The predicted octanol–water partition coefficient (Wildman–Crippen LogP) is 2.28. The van der Waals surface area contributed by atoms with E-state index < -0.39 is 17.4 Å². The highest BCUT2D eigenvalue weighted by Gasteiger charge is 2.12. The van der Waals surface area contributed by atoms with E-state index in [2.05, 4.69) is 4.98 Å². The molecule has 0 spiro atoms. The number of ether oxygens (including phenoxy) is 1. The largest absolute Gasteiger partial charge is 0.505 e. The van der Waals surface area contributed by atoms with Crippen LogP contribution in [0.25, 0.3) is 0 Å². The molecular formula is C12H9NO4. The smallest absolute Gasteiger partial charge is 0.358 e. The van der Waals surface area contributed by atoms with Gasteiger partial charge in [-0.15, -0.1) is 0 Å². The third kappa shape index (κ3) is 2.52. The summed E-state index contributed by atoms with van der Waals surface area (Å²) in [7, 11) is 0. The Morgan fingerprint density at radius 2 is 1.88 bits per heavy atom. The average Bonchev–Trinajstić information content (AvgIpc) is 2.30. The molecule has 0 aliphatic heterocycles. The van der Waals surface area contributed by atoms with Crippen molar-refractivity contribution in [3.8, 4) is 17.2 Å². The Labute approximate surface area is 96.9 Å². The van der Waals surface area contributed by atoms with Crippen molar-refractivity contribution in [2.75, 3.05) is 0 Å². The van der Waals surface area contributed by atoms with Gasteiger partial charge in [-0.2, -0.15) is 0 Å². The lowest BCUT2D eigenvalue weighted by Gasteiger charge is -2.06. The summed E-state index contributed by atoms with van der Waals surface area (Å²) >= 11 is 0. The van der Waals surface area contributed by atoms with Crippen LogP contribution in [0.4, 0.5) is 0 Å². The van der Waals surface area contributed by atoms with Crippen LogP contribution in [0.3, 0.4) is 0 Å². The van der Waals surface area contributed by atoms with Crippen LogP contribution in [-0.2, 0) is 0 Å². The molecule has 0 amide bonds. The van der Waals surface area contributed by atoms with Crippen LogP contribution in [-0.4, -0.2) is 21.2 Å². The number of hydrogen-bond acceptors (Lipinski definition) is 4. The first-order valence-corrected chi connectivity index (χ1v) is 4.82. The zero-order valence-corrected chi connectivity index (χ0v) is 8.70. The number of aromatic nitrogens is 1. The number of benzene rings is 1. The maximum absolute atomic E-state index is 10.6. The molecular weight excluding hydrogens is 222 g/mol. The van der Waals surface area contributed by atoms with E-state index in [-0.39, 0.29) is 5.75 Å². The van der Waals surface area contributed by atoms with Gasteiger partial charge in [-0.3, -0.25) is 0 Å². The molecule has 0 saturated carbocycles. The van der Waals surface area contributed by atoms with Crippen LogP contribution in [0.5, 0.6) is 17.2 Å². The summed E-state index contributed by atoms with van der Waals surface area (Å²) in [5, 5.41) is 18.1. The van der Waals surface area contributed by atoms with E-state index in [1.165, 1.54) is 12.3 Å². The second kappa shape index (κ2) is 4.52. The van der Waals surface area contributed by atoms with Crippen molar-refractivity contribution < 1.29 is 19.7 Å². The van der Waals surface area contributed by atoms with E-state index in [1.807, 2.05) is 6.07 Å². The molecule has 5 nitrogen and oxygen atoms in total. The van der Waals surface area contributed by atoms with Gasteiger partial charge in [-0.05, 0) is 12.1 Å². The van der Waals surface area contributed by atoms with Crippen molar-refractivity contribution in [2.45, 2.75) is 0 Å². The Balaban J connectivity index is 2.24. The third-order valence-corrected chi connectivity index (χ3v) is 2.02. The highest BCUT2D eigenvalue weighted by Crippen LogP contribution is 2.25. The lowest BCUT2D eigenvalue weighted by molar-refractivity contribution is 0.0687. The highest BCUT2D eigenvalue weighted by atomic mass is 16.5. The van der Waals surface area contributed by atoms with E-state index >= 15 is 0 Å². The zero-order chi connectivity index (χ0) is 12.3. The number of para-hydroxylation sites is 1. The van der Waals surface area contributed by atoms with E-state index in [9.17, 15) is 9.90 Å². The number of aromatic carboxylic acids is 1. The Kier molecular flexibility index (Phi) is 2.91. The maximum Gasteiger partial charge on any atom is 0.358 e. The molecule has 2 aromatic rings. The predicted molar refractivity (Wildman–Crippen MR) is 59.4 cm³/mol. The number of nitrogens with zero attached hydrogens (tertiary/aromatic N) is 1. The molecule has 5 heteroatoms. The lowest BCUT2D eigenvalue weighted by Crippen LogP contribution is -2.00. The monoisotopic (exact) mass is 231 g/mol. The summed E-state index contributed by atoms with van der Waals surface area (Å²) in [4.78, 5) is 14.2. The number of carbonyl (C=O) groups is 1. The molecule has 86 valence electrons. The topological polar surface area (TPSA) is 79.7 Å². The summed E-state index contributed by atoms with van der Waals surface area (Å²) in [6.45, 7) is 0. The summed E-state index contributed by atoms with van der Waals surface area (Å²) in [6.07, 6.45) is 1.25. The van der Waals surface area contributed by atoms with Gasteiger partial charge in [0, 0.05) is 6.07 Å². The lowest BCUT2D eigenvalue weighted by atomic mass is 10.3. The molecule has 0 atom stereocenters. The number of pyridine rings is 1. The molecule has 0 aliphatic carbocycles. The highest BCUT2D eigenvalue weighted by molar-refractivity contribution is 5.88. The molecule has 0 fully saturated rings. The van der Waals surface area contributed by atoms with Crippen LogP contribution in [0.2, 0.25) is 0 Å². The molecule has 0 aliphatic rings. The van der Waals surface area contributed by atoms with Gasteiger partial charge in [0.2, 0.25) is 0 Å². The standard InChI is InChI=1S/C12H9NO4/c14-10-6-9(7-13-11(10)12(15)16)17-8-4-2-1-3-5-8/h1-7,14H,(H,15,16). The Hall–Kier alpha value is -2.56. The first-order chi connectivity index (χ1) is 8.16. The zero-order valence-electron chi connectivity index (χ0n) is 8.70. The van der Waals surface area contributed by atoms with Crippen LogP contribution < -0.4 is 4.74 Å². The summed E-state index contributed by atoms with van der Waals surface area (Å²) in [6, 6.07) is 10.1. The Morgan fingerprint density at radius 1 is 1.18 bits per heavy atom. The SMILES string of the molecule is O=C(O)c1ncc(Oc2ccccc2)cc1O. The Morgan fingerprint density at radius 3 is 2.47 bits per heavy atom. The minimum absolute atomic E-state index is 0.277. The first-order valence-electron chi connectivity index (χ1n) is 4.82. The third-order valence-electron chi connectivity index (χ3n) is 2.02. The van der Waals surface area contributed by atoms with Gasteiger partial charge in [0.05, 0.1) is 6.20 Å². The average molecular weight is 231 g/mol. The van der Waals surface area contributed by atoms with Crippen LogP contribution >= 0.6 is 0 Å². The van der Waals surface area contributed by atoms with E-state index in [0.29, 0.717) is 5.75 Å². The van der Waals surface area contributed by atoms with Gasteiger partial charge < -0.3 is 14.9 Å². The second-order valence-electron chi connectivity index (χ2n) is 3.26. The van der Waals surface area contributed by atoms with Gasteiger partial charge in [0.25, 0.3) is 0 Å². The van der Waals surface area contributed by atoms with Crippen molar-refractivity contribution in [2.24, 2.45) is 0 Å². The van der Waals surface area contributed by atoms with E-state index in [4.69, 9.17) is 9.84 Å². The van der Waals surface area contributed by atoms with E-state index in [1.54, 1.807) is 24.3 Å². The van der Waals surface area contributed by atoms with Crippen LogP contribution in [0, 0.1) is 0 Å². The molecule has 0 unspecified atom stereocenters. The number of hydrogen-bond donors (Lipinski definition) is 2. The fourth-order valence-electron chi connectivity index (χ4n) is 1.28. The van der Waals surface area contributed by atoms with Gasteiger partial charge in [0.15, 0.2) is 11.4 Å². The summed E-state index contributed by atoms with van der Waals surface area (Å²) < 4.78 is 5.38. The molecule has 0 bridgehead atoms. The second-order valence-corrected chi connectivity index (χ2v) is 3.26. The molecule has 1 aromatic heterocycles. The number of rotatable bonds is 3. The van der Waals surface area contributed by atoms with Crippen molar-refractivity contribution >= 4 is 5.97 Å². The molecule has 17 heavy (non-hydrogen) atoms. The molecule has 0 saturated heterocycles. The van der Waals surface area contributed by atoms with Crippen molar-refractivity contribution in [3.63, 3.8) is 0 Å². The molecule has 0 radical (unpaired) electrons. The fourth-order valence-corrected chi connectivity index (χ4v) is 1.28. The molecule has 2 rings (SSSR count). The Bertz CT molecular complexity index is 539. The maximum atomic E-state index is 10.6. The van der Waals surface area contributed by atoms with Gasteiger partial charge in [-0.25, -0.2) is 9.78 Å². The molecule has 1 aromatic carbocycles. The molecule has 1 heterocycles. The van der Waals surface area contributed by atoms with Crippen LogP contribution in [0.15, 0.2) is 42.6 Å². The number of aromatic hydroxyl groups is 1. The van der Waals surface area contributed by atoms with Crippen molar-refractivity contribution in [1.29, 1.82) is 0 Å². The number of carboxylic acid groups (broad SMARTS) is 1. The van der Waals surface area contributed by atoms with E-state index in [0.717, 1.165) is 0 Å². The van der Waals surface area contributed by atoms with Crippen LogP contribution in [0.1, 0.15) is 10.5 Å². The van der Waals surface area contributed by atoms with Gasteiger partial charge >= 0.3 is 5.97 Å². The minimum atomic E-state index is -1.28. The quantitative estimate of drug-likeness (QED) is 0.847. The van der Waals surface area contributed by atoms with Gasteiger partial charge in [0.1, 0.15) is 11.5 Å². The molecule has 2 N–H and O–H groups in total. The fraction of sp³-hybridized carbons (Fsp3) is 0. The van der Waals surface area contributed by atoms with Crippen molar-refractivity contribution in [1.82, 2.24) is 4.98 Å². The summed E-state index contributed by atoms with van der Waals surface area (Å²) in [5.74, 6) is -0.852. The van der Waals surface area contributed by atoms with Crippen molar-refractivity contribution in [3.05, 3.63) is 48.3 Å².